The maximum atomic E-state index is 12.3. The molecule has 0 spiro atoms. The van der Waals surface area contributed by atoms with E-state index >= 15 is 0 Å². The molecular weight excluding hydrogens is 298 g/mol. The van der Waals surface area contributed by atoms with E-state index in [2.05, 4.69) is 52.3 Å². The summed E-state index contributed by atoms with van der Waals surface area (Å²) in [6, 6.07) is 16.3. The Bertz CT molecular complexity index is 1030. The van der Waals surface area contributed by atoms with Gasteiger partial charge < -0.3 is 14.9 Å². The number of aryl methyl sites for hydroxylation is 2. The lowest BCUT2D eigenvalue weighted by Crippen LogP contribution is -2.14. The van der Waals surface area contributed by atoms with E-state index in [-0.39, 0.29) is 5.91 Å². The summed E-state index contributed by atoms with van der Waals surface area (Å²) in [6.07, 6.45) is 4.40. The molecule has 4 aromatic rings. The summed E-state index contributed by atoms with van der Waals surface area (Å²) >= 11 is 0. The fraction of sp³-hybridized carbons (Fsp3) is 0.150. The van der Waals surface area contributed by atoms with Gasteiger partial charge in [0.05, 0.1) is 0 Å². The number of benzene rings is 2. The standard InChI is InChI=1S/C20H19N3O/c1-14-3-2-4-19-17(14)8-11-23(19)12-9-20(24)22-16-5-6-18-15(13-16)7-10-21-18/h2-8,10-11,13,21H,9,12H2,1H3,(H,22,24). The Hall–Kier alpha value is -3.01. The van der Waals surface area contributed by atoms with Crippen LogP contribution in [0.3, 0.4) is 0 Å². The van der Waals surface area contributed by atoms with Crippen molar-refractivity contribution in [2.24, 2.45) is 0 Å². The number of hydrogen-bond donors (Lipinski definition) is 2. The van der Waals surface area contributed by atoms with Crippen LogP contribution in [0.25, 0.3) is 21.8 Å². The van der Waals surface area contributed by atoms with Crippen molar-refractivity contribution in [1.82, 2.24) is 9.55 Å². The lowest BCUT2D eigenvalue weighted by atomic mass is 10.1. The predicted molar refractivity (Wildman–Crippen MR) is 98.2 cm³/mol. The fourth-order valence-corrected chi connectivity index (χ4v) is 3.15. The Balaban J connectivity index is 1.45. The number of nitrogens with one attached hydrogen (secondary N) is 2. The minimum absolute atomic E-state index is 0.0272. The summed E-state index contributed by atoms with van der Waals surface area (Å²) in [5.74, 6) is 0.0272. The van der Waals surface area contributed by atoms with Crippen LogP contribution in [0, 0.1) is 6.92 Å². The number of fused-ring (bicyclic) bond motifs is 2. The van der Waals surface area contributed by atoms with Crippen LogP contribution >= 0.6 is 0 Å². The first-order chi connectivity index (χ1) is 11.7. The number of rotatable bonds is 4. The molecule has 2 N–H and O–H groups in total. The van der Waals surface area contributed by atoms with Gasteiger partial charge in [0.2, 0.25) is 5.91 Å². The molecule has 2 aromatic carbocycles. The number of nitrogens with zero attached hydrogens (tertiary/aromatic N) is 1. The van der Waals surface area contributed by atoms with E-state index in [4.69, 9.17) is 0 Å². The number of aromatic amines is 1. The average molecular weight is 317 g/mol. The summed E-state index contributed by atoms with van der Waals surface area (Å²) in [5.41, 5.74) is 4.34. The van der Waals surface area contributed by atoms with Gasteiger partial charge in [0, 0.05) is 52.9 Å². The molecular formula is C20H19N3O. The quantitative estimate of drug-likeness (QED) is 0.573. The molecule has 4 rings (SSSR count). The highest BCUT2D eigenvalue weighted by atomic mass is 16.1. The highest BCUT2D eigenvalue weighted by Crippen LogP contribution is 2.20. The highest BCUT2D eigenvalue weighted by Gasteiger charge is 2.07. The molecule has 0 unspecified atom stereocenters. The van der Waals surface area contributed by atoms with E-state index in [0.717, 1.165) is 16.6 Å². The van der Waals surface area contributed by atoms with Crippen molar-refractivity contribution in [3.63, 3.8) is 0 Å². The Kier molecular flexibility index (Phi) is 3.58. The third-order valence-electron chi connectivity index (χ3n) is 4.45. The van der Waals surface area contributed by atoms with Gasteiger partial charge >= 0.3 is 0 Å². The molecule has 0 aliphatic rings. The van der Waals surface area contributed by atoms with Gasteiger partial charge in [-0.25, -0.2) is 0 Å². The second-order valence-electron chi connectivity index (χ2n) is 6.09. The summed E-state index contributed by atoms with van der Waals surface area (Å²) in [6.45, 7) is 2.78. The Labute approximate surface area is 140 Å². The first-order valence-corrected chi connectivity index (χ1v) is 8.12. The van der Waals surface area contributed by atoms with Crippen LogP contribution in [0.2, 0.25) is 0 Å². The SMILES string of the molecule is Cc1cccc2c1ccn2CCC(=O)Nc1ccc2[nH]ccc2c1. The Morgan fingerprint density at radius 1 is 1.17 bits per heavy atom. The molecule has 2 aromatic heterocycles. The maximum Gasteiger partial charge on any atom is 0.226 e. The van der Waals surface area contributed by atoms with Gasteiger partial charge in [0.25, 0.3) is 0 Å². The van der Waals surface area contributed by atoms with Crippen LogP contribution in [0.5, 0.6) is 0 Å². The minimum Gasteiger partial charge on any atom is -0.361 e. The second kappa shape index (κ2) is 5.89. The zero-order valence-electron chi connectivity index (χ0n) is 13.5. The Morgan fingerprint density at radius 2 is 2.08 bits per heavy atom. The van der Waals surface area contributed by atoms with Crippen molar-refractivity contribution in [2.45, 2.75) is 19.9 Å². The first-order valence-electron chi connectivity index (χ1n) is 8.12. The van der Waals surface area contributed by atoms with Gasteiger partial charge in [-0.3, -0.25) is 4.79 Å². The molecule has 0 saturated carbocycles. The van der Waals surface area contributed by atoms with E-state index in [0.29, 0.717) is 13.0 Å². The summed E-state index contributed by atoms with van der Waals surface area (Å²) in [7, 11) is 0. The van der Waals surface area contributed by atoms with Gasteiger partial charge in [0.1, 0.15) is 0 Å². The highest BCUT2D eigenvalue weighted by molar-refractivity contribution is 5.94. The zero-order chi connectivity index (χ0) is 16.5. The monoisotopic (exact) mass is 317 g/mol. The number of aromatic nitrogens is 2. The van der Waals surface area contributed by atoms with Crippen molar-refractivity contribution >= 4 is 33.4 Å². The molecule has 0 fully saturated rings. The van der Waals surface area contributed by atoms with E-state index < -0.39 is 0 Å². The number of anilines is 1. The molecule has 0 aliphatic carbocycles. The molecule has 0 radical (unpaired) electrons. The number of hydrogen-bond acceptors (Lipinski definition) is 1. The molecule has 0 bridgehead atoms. The van der Waals surface area contributed by atoms with Gasteiger partial charge in [-0.15, -0.1) is 0 Å². The lowest BCUT2D eigenvalue weighted by Gasteiger charge is -2.08. The van der Waals surface area contributed by atoms with Crippen molar-refractivity contribution < 1.29 is 4.79 Å². The third kappa shape index (κ3) is 2.67. The predicted octanol–water partition coefficient (Wildman–Crippen LogP) is 4.46. The number of carbonyl (C=O) groups is 1. The Morgan fingerprint density at radius 3 is 3.00 bits per heavy atom. The van der Waals surface area contributed by atoms with Crippen LogP contribution in [0.4, 0.5) is 5.69 Å². The topological polar surface area (TPSA) is 49.8 Å². The smallest absolute Gasteiger partial charge is 0.226 e. The van der Waals surface area contributed by atoms with Crippen molar-refractivity contribution in [3.05, 3.63) is 66.5 Å². The summed E-state index contributed by atoms with van der Waals surface area (Å²) < 4.78 is 2.14. The number of carbonyl (C=O) groups excluding carboxylic acids is 1. The average Bonchev–Trinajstić information content (AvgIpc) is 3.20. The normalized spacial score (nSPS) is 11.2. The van der Waals surface area contributed by atoms with Crippen molar-refractivity contribution in [1.29, 1.82) is 0 Å². The lowest BCUT2D eigenvalue weighted by molar-refractivity contribution is -0.116. The van der Waals surface area contributed by atoms with Crippen LogP contribution in [-0.4, -0.2) is 15.5 Å². The third-order valence-corrected chi connectivity index (χ3v) is 4.45. The molecule has 24 heavy (non-hydrogen) atoms. The fourth-order valence-electron chi connectivity index (χ4n) is 3.15. The molecule has 0 saturated heterocycles. The van der Waals surface area contributed by atoms with E-state index in [1.807, 2.05) is 30.5 Å². The number of amides is 1. The number of H-pyrrole nitrogens is 1. The first kappa shape index (κ1) is 14.6. The maximum absolute atomic E-state index is 12.3. The minimum atomic E-state index is 0.0272. The largest absolute Gasteiger partial charge is 0.361 e. The van der Waals surface area contributed by atoms with E-state index in [1.54, 1.807) is 0 Å². The molecule has 0 aliphatic heterocycles. The van der Waals surface area contributed by atoms with E-state index in [9.17, 15) is 4.79 Å². The molecule has 120 valence electrons. The second-order valence-corrected chi connectivity index (χ2v) is 6.09. The zero-order valence-corrected chi connectivity index (χ0v) is 13.5. The summed E-state index contributed by atoms with van der Waals surface area (Å²) in [4.78, 5) is 15.4. The molecule has 4 heteroatoms. The molecule has 0 atom stereocenters. The van der Waals surface area contributed by atoms with Crippen LogP contribution < -0.4 is 5.32 Å². The van der Waals surface area contributed by atoms with Gasteiger partial charge in [0.15, 0.2) is 0 Å². The van der Waals surface area contributed by atoms with Crippen molar-refractivity contribution in [2.75, 3.05) is 5.32 Å². The molecule has 2 heterocycles. The van der Waals surface area contributed by atoms with Crippen LogP contribution in [0.15, 0.2) is 60.9 Å². The molecule has 1 amide bonds. The van der Waals surface area contributed by atoms with Crippen LogP contribution in [0.1, 0.15) is 12.0 Å². The van der Waals surface area contributed by atoms with Crippen molar-refractivity contribution in [3.8, 4) is 0 Å². The molecule has 4 nitrogen and oxygen atoms in total. The van der Waals surface area contributed by atoms with Crippen LogP contribution in [-0.2, 0) is 11.3 Å². The van der Waals surface area contributed by atoms with Gasteiger partial charge in [-0.2, -0.15) is 0 Å². The van der Waals surface area contributed by atoms with Gasteiger partial charge in [-0.1, -0.05) is 12.1 Å². The summed E-state index contributed by atoms with van der Waals surface area (Å²) in [5, 5.41) is 5.32. The van der Waals surface area contributed by atoms with E-state index in [1.165, 1.54) is 16.5 Å². The van der Waals surface area contributed by atoms with Gasteiger partial charge in [-0.05, 0) is 48.9 Å².